The number of aliphatic carboxylic acids is 1. The molecule has 1 aromatic rings. The Hall–Kier alpha value is -3.45. The van der Waals surface area contributed by atoms with Crippen LogP contribution in [0, 0.1) is 22.7 Å². The van der Waals surface area contributed by atoms with Crippen molar-refractivity contribution in [2.24, 2.45) is 39.1 Å². The van der Waals surface area contributed by atoms with E-state index in [-0.39, 0.29) is 64.7 Å². The molecule has 1 aliphatic heterocycles. The zero-order chi connectivity index (χ0) is 36.6. The average Bonchev–Trinajstić information content (AvgIpc) is 3.73. The number of amides is 1. The highest BCUT2D eigenvalue weighted by Crippen LogP contribution is 2.78. The van der Waals surface area contributed by atoms with Gasteiger partial charge in [-0.1, -0.05) is 26.7 Å². The molecule has 1 amide bonds. The van der Waals surface area contributed by atoms with Crippen molar-refractivity contribution in [1.82, 2.24) is 5.32 Å². The number of carbonyl (C=O) groups excluding carboxylic acids is 2. The van der Waals surface area contributed by atoms with Crippen molar-refractivity contribution in [1.29, 1.82) is 0 Å². The topological polar surface area (TPSA) is 220 Å². The van der Waals surface area contributed by atoms with Gasteiger partial charge in [0.15, 0.2) is 5.96 Å². The van der Waals surface area contributed by atoms with Gasteiger partial charge in [-0.25, -0.2) is 9.59 Å². The number of nitrogens with one attached hydrogen (secondary N) is 1. The molecule has 5 fully saturated rings. The summed E-state index contributed by atoms with van der Waals surface area (Å²) in [7, 11) is 0. The van der Waals surface area contributed by atoms with Gasteiger partial charge in [-0.05, 0) is 105 Å². The van der Waals surface area contributed by atoms with Crippen molar-refractivity contribution in [3.05, 3.63) is 34.4 Å². The van der Waals surface area contributed by atoms with Gasteiger partial charge >= 0.3 is 17.6 Å². The lowest BCUT2D eigenvalue weighted by molar-refractivity contribution is -0.227. The monoisotopic (exact) mass is 712 g/mol. The minimum absolute atomic E-state index is 0.0425. The largest absolute Gasteiger partial charge is 0.481 e. The summed E-state index contributed by atoms with van der Waals surface area (Å²) in [5.41, 5.74) is 9.96. The zero-order valence-corrected chi connectivity index (χ0v) is 30.1. The van der Waals surface area contributed by atoms with Crippen LogP contribution in [0.4, 0.5) is 0 Å². The Kier molecular flexibility index (Phi) is 10.6. The molecule has 1 aromatic heterocycles. The van der Waals surface area contributed by atoms with E-state index in [9.17, 15) is 24.3 Å². The Morgan fingerprint density at radius 2 is 1.73 bits per heavy atom. The van der Waals surface area contributed by atoms with Gasteiger partial charge in [0, 0.05) is 37.3 Å². The molecule has 5 aliphatic rings. The summed E-state index contributed by atoms with van der Waals surface area (Å²) in [5.74, 6) is -0.819. The van der Waals surface area contributed by atoms with E-state index in [1.165, 1.54) is 6.07 Å². The van der Waals surface area contributed by atoms with Crippen LogP contribution in [0.5, 0.6) is 0 Å². The highest BCUT2D eigenvalue weighted by molar-refractivity contribution is 5.84. The second kappa shape index (κ2) is 14.5. The maximum atomic E-state index is 13.6. The second-order valence-electron chi connectivity index (χ2n) is 16.4. The Morgan fingerprint density at radius 1 is 1.00 bits per heavy atom. The lowest BCUT2D eigenvalue weighted by Crippen LogP contribution is -2.65. The van der Waals surface area contributed by atoms with Gasteiger partial charge in [-0.3, -0.25) is 14.6 Å². The molecular weight excluding hydrogens is 656 g/mol. The van der Waals surface area contributed by atoms with Crippen LogP contribution in [0.25, 0.3) is 0 Å². The van der Waals surface area contributed by atoms with Gasteiger partial charge in [0.05, 0.1) is 18.0 Å². The molecule has 0 aromatic carbocycles. The normalized spacial score (nSPS) is 36.7. The first-order chi connectivity index (χ1) is 24.2. The predicted octanol–water partition coefficient (Wildman–Crippen LogP) is 3.89. The van der Waals surface area contributed by atoms with Gasteiger partial charge in [-0.15, -0.1) is 0 Å². The van der Waals surface area contributed by atoms with E-state index in [1.54, 1.807) is 6.26 Å². The molecule has 0 bridgehead atoms. The number of ether oxygens (including phenoxy) is 2. The molecule has 4 saturated carbocycles. The van der Waals surface area contributed by atoms with Crippen molar-refractivity contribution in [2.75, 3.05) is 6.54 Å². The average molecular weight is 713 g/mol. The first-order valence-electron chi connectivity index (χ1n) is 19.0. The molecule has 4 aliphatic carbocycles. The first-order valence-corrected chi connectivity index (χ1v) is 19.0. The quantitative estimate of drug-likeness (QED) is 0.0577. The standard InChI is InChI=1S/C38H56N4O9/c1-35-16-13-24(50-33(47)28(8-7-19-41-34(39)40)42-30(43)9-5-3-4-6-10-31(44)45)21-37(35,48)18-15-26-25(35)14-17-36(2)27(20-29-38(26,36)51-29)23-11-12-32(46)49-22-23/h11-12,22,24-29,48H,3-10,13-21H2,1-2H3,(H,42,43)(H,44,45)(H4,39,40,41)/t24-,25-,26+,27+,28-,29+,35+,36+,37-,38+/m0/s1. The third-order valence-electron chi connectivity index (χ3n) is 13.7. The number of nitrogens with zero attached hydrogens (tertiary/aromatic N) is 1. The molecule has 0 unspecified atom stereocenters. The number of rotatable bonds is 15. The minimum Gasteiger partial charge on any atom is -0.481 e. The molecule has 0 radical (unpaired) electrons. The number of aliphatic imine (C=N–C) groups is 1. The lowest BCUT2D eigenvalue weighted by atomic mass is 9.42. The van der Waals surface area contributed by atoms with Crippen LogP contribution in [0.2, 0.25) is 0 Å². The predicted molar refractivity (Wildman–Crippen MR) is 187 cm³/mol. The second-order valence-corrected chi connectivity index (χ2v) is 16.4. The molecule has 282 valence electrons. The summed E-state index contributed by atoms with van der Waals surface area (Å²) in [6, 6.07) is 2.54. The van der Waals surface area contributed by atoms with Crippen LogP contribution in [-0.2, 0) is 23.9 Å². The molecule has 13 nitrogen and oxygen atoms in total. The van der Waals surface area contributed by atoms with Crippen LogP contribution in [0.1, 0.15) is 128 Å². The summed E-state index contributed by atoms with van der Waals surface area (Å²) in [6.45, 7) is 4.88. The Bertz CT molecular complexity index is 1540. The van der Waals surface area contributed by atoms with Crippen LogP contribution >= 0.6 is 0 Å². The molecule has 7 N–H and O–H groups in total. The maximum Gasteiger partial charge on any atom is 0.335 e. The molecular formula is C38H56N4O9. The molecule has 6 rings (SSSR count). The van der Waals surface area contributed by atoms with Gasteiger partial charge in [-0.2, -0.15) is 0 Å². The van der Waals surface area contributed by atoms with Crippen LogP contribution in [0.15, 0.2) is 32.6 Å². The third kappa shape index (κ3) is 7.04. The fraction of sp³-hybridized carbons (Fsp3) is 0.763. The van der Waals surface area contributed by atoms with Crippen LogP contribution in [-0.4, -0.2) is 70.0 Å². The van der Waals surface area contributed by atoms with Crippen molar-refractivity contribution in [3.8, 4) is 0 Å². The number of hydrogen-bond donors (Lipinski definition) is 5. The number of unbranched alkanes of at least 4 members (excludes halogenated alkanes) is 3. The van der Waals surface area contributed by atoms with Crippen molar-refractivity contribution in [3.63, 3.8) is 0 Å². The smallest absolute Gasteiger partial charge is 0.335 e. The highest BCUT2D eigenvalue weighted by atomic mass is 16.6. The number of carboxylic acids is 1. The SMILES string of the molecule is C[C@]12CC[C@H](OC(=O)[C@H](CCCN=C(N)N)NC(=O)CCCCCCC(=O)O)C[C@@]1(O)CC[C@@H]1[C@@H]2CC[C@]2(C)[C@@H](c3ccc(=O)oc3)C[C@H]3O[C@]132. The van der Waals surface area contributed by atoms with E-state index in [1.807, 2.05) is 6.07 Å². The molecule has 51 heavy (non-hydrogen) atoms. The van der Waals surface area contributed by atoms with E-state index in [0.717, 1.165) is 50.5 Å². The Morgan fingerprint density at radius 3 is 2.43 bits per heavy atom. The number of fused-ring (bicyclic) bond motifs is 3. The van der Waals surface area contributed by atoms with E-state index < -0.39 is 29.7 Å². The van der Waals surface area contributed by atoms with Crippen LogP contribution in [0.3, 0.4) is 0 Å². The molecule has 1 saturated heterocycles. The number of esters is 1. The minimum atomic E-state index is -1.00. The molecule has 1 spiro atoms. The number of carboxylic acid groups (broad SMARTS) is 1. The van der Waals surface area contributed by atoms with E-state index in [2.05, 4.69) is 24.2 Å². The van der Waals surface area contributed by atoms with E-state index in [0.29, 0.717) is 57.4 Å². The lowest BCUT2D eigenvalue weighted by Gasteiger charge is -2.64. The number of hydrogen-bond acceptors (Lipinski definition) is 9. The van der Waals surface area contributed by atoms with E-state index >= 15 is 0 Å². The number of epoxide rings is 1. The fourth-order valence-electron chi connectivity index (χ4n) is 11.0. The van der Waals surface area contributed by atoms with Gasteiger partial charge in [0.2, 0.25) is 5.91 Å². The molecule has 2 heterocycles. The Labute approximate surface area is 299 Å². The highest BCUT2D eigenvalue weighted by Gasteiger charge is 2.81. The summed E-state index contributed by atoms with van der Waals surface area (Å²) in [5, 5.41) is 24.1. The van der Waals surface area contributed by atoms with Gasteiger partial charge in [0.25, 0.3) is 0 Å². The van der Waals surface area contributed by atoms with Crippen LogP contribution < -0.4 is 22.4 Å². The summed E-state index contributed by atoms with van der Waals surface area (Å²) >= 11 is 0. The first kappa shape index (κ1) is 37.3. The summed E-state index contributed by atoms with van der Waals surface area (Å²) in [6.07, 6.45) is 11.0. The number of aliphatic hydroxyl groups is 1. The van der Waals surface area contributed by atoms with Crippen molar-refractivity contribution in [2.45, 2.75) is 152 Å². The summed E-state index contributed by atoms with van der Waals surface area (Å²) in [4.78, 5) is 52.9. The maximum absolute atomic E-state index is 13.6. The Balaban J connectivity index is 1.08. The van der Waals surface area contributed by atoms with E-state index in [4.69, 9.17) is 30.5 Å². The number of guanidine groups is 1. The number of nitrogens with two attached hydrogens (primary N) is 2. The summed E-state index contributed by atoms with van der Waals surface area (Å²) < 4.78 is 18.0. The van der Waals surface area contributed by atoms with Crippen molar-refractivity contribution >= 4 is 23.8 Å². The molecule has 10 atom stereocenters. The van der Waals surface area contributed by atoms with Gasteiger partial charge in [0.1, 0.15) is 17.7 Å². The molecule has 13 heteroatoms. The third-order valence-corrected chi connectivity index (χ3v) is 13.7. The fourth-order valence-corrected chi connectivity index (χ4v) is 11.0. The zero-order valence-electron chi connectivity index (χ0n) is 30.1. The van der Waals surface area contributed by atoms with Crippen molar-refractivity contribution < 1.29 is 38.5 Å². The van der Waals surface area contributed by atoms with Gasteiger partial charge < -0.3 is 40.9 Å². The number of carbonyl (C=O) groups is 3.